The fourth-order valence-electron chi connectivity index (χ4n) is 6.31. The van der Waals surface area contributed by atoms with Gasteiger partial charge >= 0.3 is 0 Å². The predicted molar refractivity (Wildman–Crippen MR) is 121 cm³/mol. The van der Waals surface area contributed by atoms with E-state index in [-0.39, 0.29) is 42.2 Å². The Morgan fingerprint density at radius 1 is 1.25 bits per heavy atom. The molecule has 0 aromatic carbocycles. The van der Waals surface area contributed by atoms with E-state index in [9.17, 15) is 19.5 Å². The Hall–Kier alpha value is -1.67. The van der Waals surface area contributed by atoms with Gasteiger partial charge in [0, 0.05) is 12.6 Å². The van der Waals surface area contributed by atoms with Gasteiger partial charge in [-0.3, -0.25) is 14.4 Å². The van der Waals surface area contributed by atoms with Crippen LogP contribution in [0.5, 0.6) is 0 Å². The van der Waals surface area contributed by atoms with Gasteiger partial charge in [0.15, 0.2) is 0 Å². The number of hydrogen-bond acceptors (Lipinski definition) is 5. The maximum absolute atomic E-state index is 14.0. The molecule has 3 fully saturated rings. The van der Waals surface area contributed by atoms with Crippen LogP contribution in [0, 0.1) is 23.7 Å². The van der Waals surface area contributed by atoms with Gasteiger partial charge < -0.3 is 25.4 Å². The quantitative estimate of drug-likeness (QED) is 0.492. The summed E-state index contributed by atoms with van der Waals surface area (Å²) in [5, 5.41) is 16.1. The lowest BCUT2D eigenvalue weighted by Crippen LogP contribution is -2.59. The van der Waals surface area contributed by atoms with E-state index in [1.165, 1.54) is 0 Å². The number of nitrogens with zero attached hydrogens (tertiary/aromatic N) is 1. The van der Waals surface area contributed by atoms with Gasteiger partial charge in [0.1, 0.15) is 11.6 Å². The molecule has 3 rings (SSSR count). The van der Waals surface area contributed by atoms with Gasteiger partial charge in [-0.05, 0) is 51.9 Å². The van der Waals surface area contributed by atoms with E-state index in [0.29, 0.717) is 19.4 Å². The zero-order chi connectivity index (χ0) is 24.0. The molecule has 0 saturated carbocycles. The number of likely N-dealkylation sites (tertiary alicyclic amines) is 1. The molecule has 3 unspecified atom stereocenters. The normalized spacial score (nSPS) is 36.7. The third-order valence-corrected chi connectivity index (χ3v) is 7.61. The summed E-state index contributed by atoms with van der Waals surface area (Å²) < 4.78 is 6.65. The number of carbonyl (C=O) groups is 3. The molecule has 0 aromatic heterocycles. The highest BCUT2D eigenvalue weighted by Crippen LogP contribution is 2.65. The second kappa shape index (κ2) is 8.93. The van der Waals surface area contributed by atoms with Crippen molar-refractivity contribution in [2.45, 2.75) is 97.1 Å². The first-order valence-electron chi connectivity index (χ1n) is 12.2. The monoisotopic (exact) mass is 451 g/mol. The number of aliphatic hydroxyl groups is 1. The largest absolute Gasteiger partial charge is 0.394 e. The van der Waals surface area contributed by atoms with Crippen molar-refractivity contribution in [2.24, 2.45) is 23.7 Å². The summed E-state index contributed by atoms with van der Waals surface area (Å²) in [6.45, 7) is 14.0. The minimum atomic E-state index is -1.07. The van der Waals surface area contributed by atoms with E-state index < -0.39 is 35.1 Å². The zero-order valence-electron chi connectivity index (χ0n) is 20.6. The molecular weight excluding hydrogens is 410 g/mol. The second-order valence-electron chi connectivity index (χ2n) is 10.9. The third kappa shape index (κ3) is 3.73. The van der Waals surface area contributed by atoms with Crippen LogP contribution in [0.2, 0.25) is 0 Å². The van der Waals surface area contributed by atoms with Crippen LogP contribution in [0.4, 0.5) is 0 Å². The molecule has 3 amide bonds. The van der Waals surface area contributed by atoms with E-state index in [4.69, 9.17) is 4.74 Å². The average molecular weight is 452 g/mol. The molecule has 7 atom stereocenters. The molecule has 3 aliphatic heterocycles. The zero-order valence-corrected chi connectivity index (χ0v) is 20.6. The third-order valence-electron chi connectivity index (χ3n) is 7.61. The van der Waals surface area contributed by atoms with Crippen LogP contribution < -0.4 is 10.6 Å². The lowest BCUT2D eigenvalue weighted by atomic mass is 9.62. The number of fused-ring (bicyclic) bond motifs is 1. The second-order valence-corrected chi connectivity index (χ2v) is 10.9. The molecule has 2 bridgehead atoms. The highest BCUT2D eigenvalue weighted by Gasteiger charge is 2.80. The Morgan fingerprint density at radius 2 is 1.91 bits per heavy atom. The minimum absolute atomic E-state index is 0.0101. The first-order valence-corrected chi connectivity index (χ1v) is 12.2. The average Bonchev–Trinajstić information content (AvgIpc) is 3.20. The van der Waals surface area contributed by atoms with Crippen molar-refractivity contribution < 1.29 is 24.2 Å². The van der Waals surface area contributed by atoms with E-state index in [0.717, 1.165) is 6.42 Å². The SMILES string of the molecule is CCCNC(=O)[C@@H]1[C@H]2C(=O)N([C@@H](CO)CC(C)C)C(C(=O)NC(C)C)C23CC(C)[C@@]1(C)O3. The van der Waals surface area contributed by atoms with Crippen LogP contribution in [0.15, 0.2) is 0 Å². The minimum Gasteiger partial charge on any atom is -0.394 e. The van der Waals surface area contributed by atoms with Crippen molar-refractivity contribution in [2.75, 3.05) is 13.2 Å². The fraction of sp³-hybridized carbons (Fsp3) is 0.875. The standard InChI is InChI=1S/C24H41N3O5/c1-8-9-25-20(29)17-18-22(31)27(16(12-28)10-13(2)3)19(21(30)26-14(4)5)24(18)11-15(6)23(17,7)32-24/h13-19,28H,8-12H2,1-7H3,(H,25,29)(H,26,30)/t15?,16-,17+,18+,19?,23-,24?/m1/s1. The fourth-order valence-corrected chi connectivity index (χ4v) is 6.31. The number of amides is 3. The van der Waals surface area contributed by atoms with Crippen LogP contribution in [-0.2, 0) is 19.1 Å². The van der Waals surface area contributed by atoms with Gasteiger partial charge in [-0.15, -0.1) is 0 Å². The molecule has 3 heterocycles. The van der Waals surface area contributed by atoms with Gasteiger partial charge in [0.05, 0.1) is 30.1 Å². The number of rotatable bonds is 9. The van der Waals surface area contributed by atoms with Gasteiger partial charge in [0.25, 0.3) is 0 Å². The van der Waals surface area contributed by atoms with E-state index in [1.54, 1.807) is 4.90 Å². The summed E-state index contributed by atoms with van der Waals surface area (Å²) in [4.78, 5) is 42.4. The molecule has 3 saturated heterocycles. The first kappa shape index (κ1) is 25.0. The first-order chi connectivity index (χ1) is 14.9. The molecular formula is C24H41N3O5. The molecule has 8 heteroatoms. The lowest BCUT2D eigenvalue weighted by Gasteiger charge is -2.37. The van der Waals surface area contributed by atoms with Crippen molar-refractivity contribution in [3.05, 3.63) is 0 Å². The molecule has 0 aliphatic carbocycles. The Balaban J connectivity index is 2.11. The van der Waals surface area contributed by atoms with Crippen LogP contribution in [0.25, 0.3) is 0 Å². The van der Waals surface area contributed by atoms with Crippen LogP contribution in [0.3, 0.4) is 0 Å². The number of hydrogen-bond donors (Lipinski definition) is 3. The Kier molecular flexibility index (Phi) is 6.97. The number of carbonyl (C=O) groups excluding carboxylic acids is 3. The number of aliphatic hydroxyl groups excluding tert-OH is 1. The summed E-state index contributed by atoms with van der Waals surface area (Å²) in [5.41, 5.74) is -1.88. The summed E-state index contributed by atoms with van der Waals surface area (Å²) in [6, 6.07) is -1.48. The summed E-state index contributed by atoms with van der Waals surface area (Å²) in [6.07, 6.45) is 1.89. The van der Waals surface area contributed by atoms with Gasteiger partial charge in [-0.1, -0.05) is 27.7 Å². The summed E-state index contributed by atoms with van der Waals surface area (Å²) in [5.74, 6) is -1.87. The Labute approximate surface area is 191 Å². The molecule has 182 valence electrons. The van der Waals surface area contributed by atoms with Crippen LogP contribution in [0.1, 0.15) is 67.7 Å². The summed E-state index contributed by atoms with van der Waals surface area (Å²) >= 11 is 0. The van der Waals surface area contributed by atoms with Crippen molar-refractivity contribution in [3.8, 4) is 0 Å². The molecule has 0 aromatic rings. The van der Waals surface area contributed by atoms with Crippen molar-refractivity contribution >= 4 is 17.7 Å². The smallest absolute Gasteiger partial charge is 0.246 e. The van der Waals surface area contributed by atoms with Crippen LogP contribution >= 0.6 is 0 Å². The van der Waals surface area contributed by atoms with Crippen molar-refractivity contribution in [3.63, 3.8) is 0 Å². The molecule has 8 nitrogen and oxygen atoms in total. The summed E-state index contributed by atoms with van der Waals surface area (Å²) in [7, 11) is 0. The van der Waals surface area contributed by atoms with Gasteiger partial charge in [-0.2, -0.15) is 0 Å². The Morgan fingerprint density at radius 3 is 2.44 bits per heavy atom. The molecule has 3 aliphatic rings. The maximum atomic E-state index is 14.0. The Bertz CT molecular complexity index is 756. The maximum Gasteiger partial charge on any atom is 0.246 e. The van der Waals surface area contributed by atoms with Crippen molar-refractivity contribution in [1.29, 1.82) is 0 Å². The van der Waals surface area contributed by atoms with Gasteiger partial charge in [0.2, 0.25) is 17.7 Å². The predicted octanol–water partition coefficient (Wildman–Crippen LogP) is 1.45. The molecule has 32 heavy (non-hydrogen) atoms. The molecule has 0 radical (unpaired) electrons. The number of nitrogens with one attached hydrogen (secondary N) is 2. The molecule has 3 N–H and O–H groups in total. The lowest BCUT2D eigenvalue weighted by molar-refractivity contribution is -0.151. The van der Waals surface area contributed by atoms with Crippen LogP contribution in [-0.4, -0.2) is 70.2 Å². The van der Waals surface area contributed by atoms with Gasteiger partial charge in [-0.25, -0.2) is 0 Å². The van der Waals surface area contributed by atoms with Crippen molar-refractivity contribution in [1.82, 2.24) is 15.5 Å². The van der Waals surface area contributed by atoms with E-state index in [2.05, 4.69) is 10.6 Å². The number of ether oxygens (including phenoxy) is 1. The van der Waals surface area contributed by atoms with E-state index in [1.807, 2.05) is 48.5 Å². The highest BCUT2D eigenvalue weighted by molar-refractivity contribution is 5.99. The highest BCUT2D eigenvalue weighted by atomic mass is 16.5. The topological polar surface area (TPSA) is 108 Å². The molecule has 1 spiro atoms. The van der Waals surface area contributed by atoms with E-state index >= 15 is 0 Å².